The molecule has 1 aliphatic carbocycles. The van der Waals surface area contributed by atoms with Gasteiger partial charge in [0.2, 0.25) is 0 Å². The van der Waals surface area contributed by atoms with E-state index in [1.54, 1.807) is 12.1 Å². The highest BCUT2D eigenvalue weighted by Gasteiger charge is 2.30. The molecule has 0 heterocycles. The van der Waals surface area contributed by atoms with Crippen molar-refractivity contribution in [3.8, 4) is 0 Å². The smallest absolute Gasteiger partial charge is 0.166 e. The van der Waals surface area contributed by atoms with Crippen molar-refractivity contribution in [1.82, 2.24) is 0 Å². The second-order valence-corrected chi connectivity index (χ2v) is 5.22. The molecule has 0 saturated heterocycles. The molecule has 1 nitrogen and oxygen atoms in total. The van der Waals surface area contributed by atoms with Crippen LogP contribution in [0.15, 0.2) is 42.5 Å². The fraction of sp³-hybridized carbons (Fsp3) is 0.188. The van der Waals surface area contributed by atoms with Gasteiger partial charge in [0.1, 0.15) is 5.82 Å². The Balaban J connectivity index is 1.87. The standard InChI is InChI=1S/C16H12ClFO/c17-15-11(5-3-7-14(15)18)9-12-8-10-4-1-2-6-13(10)16(12)19/h1-7,12H,8-9H2. The van der Waals surface area contributed by atoms with E-state index in [0.717, 1.165) is 11.1 Å². The van der Waals surface area contributed by atoms with Crippen LogP contribution in [0.25, 0.3) is 0 Å². The van der Waals surface area contributed by atoms with Crippen molar-refractivity contribution in [2.24, 2.45) is 5.92 Å². The number of Topliss-reactive ketones (excluding diaryl/α,β-unsaturated/α-hetero) is 1. The minimum atomic E-state index is -0.429. The number of halogens is 2. The van der Waals surface area contributed by atoms with E-state index in [9.17, 15) is 9.18 Å². The molecule has 0 amide bonds. The Kier molecular flexibility index (Phi) is 3.11. The number of benzene rings is 2. The third-order valence-electron chi connectivity index (χ3n) is 3.62. The van der Waals surface area contributed by atoms with Crippen molar-refractivity contribution in [1.29, 1.82) is 0 Å². The van der Waals surface area contributed by atoms with Crippen molar-refractivity contribution >= 4 is 17.4 Å². The first-order valence-corrected chi connectivity index (χ1v) is 6.59. The second-order valence-electron chi connectivity index (χ2n) is 4.84. The highest BCUT2D eigenvalue weighted by atomic mass is 35.5. The van der Waals surface area contributed by atoms with Gasteiger partial charge in [0.05, 0.1) is 5.02 Å². The second kappa shape index (κ2) is 4.78. The summed E-state index contributed by atoms with van der Waals surface area (Å²) >= 11 is 5.94. The molecule has 0 aromatic heterocycles. The zero-order chi connectivity index (χ0) is 13.4. The van der Waals surface area contributed by atoms with Crippen molar-refractivity contribution in [2.75, 3.05) is 0 Å². The Labute approximate surface area is 116 Å². The van der Waals surface area contributed by atoms with E-state index in [-0.39, 0.29) is 16.7 Å². The van der Waals surface area contributed by atoms with Crippen LogP contribution in [0.3, 0.4) is 0 Å². The number of ketones is 1. The Bertz CT molecular complexity index is 651. The summed E-state index contributed by atoms with van der Waals surface area (Å²) in [5, 5.41) is 0.131. The fourth-order valence-electron chi connectivity index (χ4n) is 2.65. The lowest BCUT2D eigenvalue weighted by Crippen LogP contribution is -2.12. The molecule has 3 heteroatoms. The number of hydrogen-bond donors (Lipinski definition) is 0. The van der Waals surface area contributed by atoms with Gasteiger partial charge in [0.15, 0.2) is 5.78 Å². The number of carbonyl (C=O) groups is 1. The van der Waals surface area contributed by atoms with Crippen LogP contribution in [0.2, 0.25) is 5.02 Å². The van der Waals surface area contributed by atoms with E-state index in [0.29, 0.717) is 18.4 Å². The van der Waals surface area contributed by atoms with Gasteiger partial charge in [-0.2, -0.15) is 0 Å². The molecule has 19 heavy (non-hydrogen) atoms. The molecule has 0 spiro atoms. The van der Waals surface area contributed by atoms with Crippen molar-refractivity contribution < 1.29 is 9.18 Å². The molecule has 96 valence electrons. The van der Waals surface area contributed by atoms with Crippen LogP contribution >= 0.6 is 11.6 Å². The number of rotatable bonds is 2. The topological polar surface area (TPSA) is 17.1 Å². The average Bonchev–Trinajstić information content (AvgIpc) is 2.73. The van der Waals surface area contributed by atoms with Crippen molar-refractivity contribution in [2.45, 2.75) is 12.8 Å². The van der Waals surface area contributed by atoms with Crippen LogP contribution in [-0.2, 0) is 12.8 Å². The maximum absolute atomic E-state index is 13.4. The molecule has 0 bridgehead atoms. The van der Waals surface area contributed by atoms with Gasteiger partial charge in [0, 0.05) is 11.5 Å². The molecule has 3 rings (SSSR count). The van der Waals surface area contributed by atoms with Crippen LogP contribution in [-0.4, -0.2) is 5.78 Å². The highest BCUT2D eigenvalue weighted by molar-refractivity contribution is 6.31. The number of fused-ring (bicyclic) bond motifs is 1. The molecule has 2 aromatic carbocycles. The van der Waals surface area contributed by atoms with E-state index in [2.05, 4.69) is 0 Å². The first-order chi connectivity index (χ1) is 9.16. The molecular weight excluding hydrogens is 263 g/mol. The monoisotopic (exact) mass is 274 g/mol. The van der Waals surface area contributed by atoms with Gasteiger partial charge < -0.3 is 0 Å². The van der Waals surface area contributed by atoms with Crippen LogP contribution in [0.1, 0.15) is 21.5 Å². The van der Waals surface area contributed by atoms with Crippen molar-refractivity contribution in [3.05, 3.63) is 70.0 Å². The van der Waals surface area contributed by atoms with Crippen LogP contribution in [0, 0.1) is 11.7 Å². The quantitative estimate of drug-likeness (QED) is 0.806. The van der Waals surface area contributed by atoms with Gasteiger partial charge in [-0.15, -0.1) is 0 Å². The summed E-state index contributed by atoms with van der Waals surface area (Å²) in [5.74, 6) is -0.422. The van der Waals surface area contributed by atoms with E-state index in [1.807, 2.05) is 24.3 Å². The zero-order valence-corrected chi connectivity index (χ0v) is 11.0. The Morgan fingerprint density at radius 3 is 2.74 bits per heavy atom. The van der Waals surface area contributed by atoms with Gasteiger partial charge in [-0.3, -0.25) is 4.79 Å². The summed E-state index contributed by atoms with van der Waals surface area (Å²) in [6, 6.07) is 12.4. The zero-order valence-electron chi connectivity index (χ0n) is 10.2. The van der Waals surface area contributed by atoms with Gasteiger partial charge in [-0.25, -0.2) is 4.39 Å². The molecule has 2 aromatic rings. The molecule has 1 atom stereocenters. The summed E-state index contributed by atoms with van der Waals surface area (Å²) in [4.78, 5) is 12.3. The third kappa shape index (κ3) is 2.17. The van der Waals surface area contributed by atoms with Crippen molar-refractivity contribution in [3.63, 3.8) is 0 Å². The lowest BCUT2D eigenvalue weighted by atomic mass is 9.95. The number of hydrogen-bond acceptors (Lipinski definition) is 1. The lowest BCUT2D eigenvalue weighted by Gasteiger charge is -2.09. The summed E-state index contributed by atoms with van der Waals surface area (Å²) in [6.45, 7) is 0. The van der Waals surface area contributed by atoms with Crippen LogP contribution < -0.4 is 0 Å². The Hall–Kier alpha value is -1.67. The molecule has 1 unspecified atom stereocenters. The maximum Gasteiger partial charge on any atom is 0.166 e. The summed E-state index contributed by atoms with van der Waals surface area (Å²) < 4.78 is 13.4. The summed E-state index contributed by atoms with van der Waals surface area (Å²) in [7, 11) is 0. The summed E-state index contributed by atoms with van der Waals surface area (Å²) in [5.41, 5.74) is 2.57. The Morgan fingerprint density at radius 2 is 1.95 bits per heavy atom. The molecule has 1 aliphatic rings. The minimum Gasteiger partial charge on any atom is -0.294 e. The Morgan fingerprint density at radius 1 is 1.16 bits per heavy atom. The lowest BCUT2D eigenvalue weighted by molar-refractivity contribution is 0.0936. The predicted octanol–water partition coefficient (Wildman–Crippen LogP) is 4.08. The average molecular weight is 275 g/mol. The van der Waals surface area contributed by atoms with Gasteiger partial charge in [-0.1, -0.05) is 48.0 Å². The van der Waals surface area contributed by atoms with E-state index >= 15 is 0 Å². The van der Waals surface area contributed by atoms with Gasteiger partial charge in [0.25, 0.3) is 0 Å². The fourth-order valence-corrected chi connectivity index (χ4v) is 2.86. The predicted molar refractivity (Wildman–Crippen MR) is 73.1 cm³/mol. The molecule has 0 aliphatic heterocycles. The maximum atomic E-state index is 13.4. The molecule has 0 saturated carbocycles. The normalized spacial score (nSPS) is 17.6. The first-order valence-electron chi connectivity index (χ1n) is 6.22. The molecule has 0 N–H and O–H groups in total. The third-order valence-corrected chi connectivity index (χ3v) is 4.04. The van der Waals surface area contributed by atoms with Crippen LogP contribution in [0.4, 0.5) is 4.39 Å². The van der Waals surface area contributed by atoms with Crippen LogP contribution in [0.5, 0.6) is 0 Å². The molecular formula is C16H12ClFO. The van der Waals surface area contributed by atoms with E-state index in [1.165, 1.54) is 6.07 Å². The SMILES string of the molecule is O=C1c2ccccc2CC1Cc1cccc(F)c1Cl. The minimum absolute atomic E-state index is 0.128. The molecule has 0 fully saturated rings. The first kappa shape index (κ1) is 12.4. The highest BCUT2D eigenvalue weighted by Crippen LogP contribution is 2.31. The number of carbonyl (C=O) groups excluding carboxylic acids is 1. The van der Waals surface area contributed by atoms with E-state index < -0.39 is 5.82 Å². The largest absolute Gasteiger partial charge is 0.294 e. The van der Waals surface area contributed by atoms with E-state index in [4.69, 9.17) is 11.6 Å². The summed E-state index contributed by atoms with van der Waals surface area (Å²) in [6.07, 6.45) is 1.20. The van der Waals surface area contributed by atoms with Gasteiger partial charge in [-0.05, 0) is 30.0 Å². The molecule has 0 radical (unpaired) electrons. The van der Waals surface area contributed by atoms with Gasteiger partial charge >= 0.3 is 0 Å².